The number of carbonyl (C=O) groups excluding carboxylic acids is 2. The fourth-order valence-electron chi connectivity index (χ4n) is 3.86. The highest BCUT2D eigenvalue weighted by Crippen LogP contribution is 2.29. The van der Waals surface area contributed by atoms with Crippen molar-refractivity contribution in [1.29, 1.82) is 0 Å². The molecule has 0 radical (unpaired) electrons. The van der Waals surface area contributed by atoms with Crippen LogP contribution < -0.4 is 14.4 Å². The number of hydrogen-bond donors (Lipinski definition) is 1. The second-order valence-electron chi connectivity index (χ2n) is 9.85. The van der Waals surface area contributed by atoms with Crippen LogP contribution in [-0.4, -0.2) is 63.2 Å². The average Bonchev–Trinajstić information content (AvgIpc) is 2.80. The van der Waals surface area contributed by atoms with Gasteiger partial charge in [-0.1, -0.05) is 42.5 Å². The summed E-state index contributed by atoms with van der Waals surface area (Å²) in [4.78, 5) is 27.8. The highest BCUT2D eigenvalue weighted by Gasteiger charge is 2.28. The van der Waals surface area contributed by atoms with E-state index in [-0.39, 0.29) is 24.8 Å². The van der Waals surface area contributed by atoms with Crippen LogP contribution in [-0.2, 0) is 26.0 Å². The summed E-state index contributed by atoms with van der Waals surface area (Å²) >= 11 is 0. The van der Waals surface area contributed by atoms with E-state index in [1.54, 1.807) is 36.1 Å². The van der Waals surface area contributed by atoms with Crippen molar-refractivity contribution in [3.63, 3.8) is 0 Å². The fraction of sp³-hybridized carbons (Fsp3) is 0.481. The Kier molecular flexibility index (Phi) is 10.3. The number of hydrogen-bond acceptors (Lipinski definition) is 5. The molecule has 0 aliphatic rings. The molecular weight excluding hydrogens is 478 g/mol. The van der Waals surface area contributed by atoms with Gasteiger partial charge in [0.1, 0.15) is 11.8 Å². The van der Waals surface area contributed by atoms with Gasteiger partial charge in [-0.3, -0.25) is 13.9 Å². The van der Waals surface area contributed by atoms with Crippen LogP contribution in [0.3, 0.4) is 0 Å². The first-order chi connectivity index (χ1) is 16.8. The standard InChI is InChI=1S/C27H39N3O5S/c1-21(26(32)28-27(2,3)4)29(20-18-22-13-8-7-9-14-22)25(31)17-12-19-30(36(6,33)34)23-15-10-11-16-24(23)35-5/h7-11,13-16,21H,12,17-20H2,1-6H3,(H,28,32)/t21-/m1/s1. The predicted molar refractivity (Wildman–Crippen MR) is 144 cm³/mol. The molecule has 0 aliphatic carbocycles. The Balaban J connectivity index is 2.16. The normalized spacial score (nSPS) is 12.5. The second kappa shape index (κ2) is 12.8. The summed E-state index contributed by atoms with van der Waals surface area (Å²) in [5, 5.41) is 2.95. The average molecular weight is 518 g/mol. The summed E-state index contributed by atoms with van der Waals surface area (Å²) in [6.45, 7) is 7.90. The van der Waals surface area contributed by atoms with Gasteiger partial charge in [-0.05, 0) is 58.2 Å². The van der Waals surface area contributed by atoms with Gasteiger partial charge in [0.25, 0.3) is 0 Å². The Morgan fingerprint density at radius 3 is 2.19 bits per heavy atom. The molecule has 8 nitrogen and oxygen atoms in total. The molecule has 0 heterocycles. The number of rotatable bonds is 12. The highest BCUT2D eigenvalue weighted by molar-refractivity contribution is 7.92. The van der Waals surface area contributed by atoms with Crippen LogP contribution in [0.4, 0.5) is 5.69 Å². The van der Waals surface area contributed by atoms with Crippen LogP contribution in [0.1, 0.15) is 46.1 Å². The lowest BCUT2D eigenvalue weighted by Crippen LogP contribution is -2.53. The Morgan fingerprint density at radius 1 is 1.00 bits per heavy atom. The second-order valence-corrected chi connectivity index (χ2v) is 11.8. The van der Waals surface area contributed by atoms with Gasteiger partial charge in [-0.25, -0.2) is 8.42 Å². The van der Waals surface area contributed by atoms with Gasteiger partial charge in [-0.15, -0.1) is 0 Å². The molecule has 2 aromatic rings. The third kappa shape index (κ3) is 8.86. The number of para-hydroxylation sites is 2. The number of methoxy groups -OCH3 is 1. The van der Waals surface area contributed by atoms with E-state index in [1.807, 2.05) is 51.1 Å². The number of nitrogens with one attached hydrogen (secondary N) is 1. The van der Waals surface area contributed by atoms with E-state index in [1.165, 1.54) is 11.4 Å². The number of ether oxygens (including phenoxy) is 1. The number of anilines is 1. The first kappa shape index (κ1) is 29.2. The predicted octanol–water partition coefficient (Wildman–Crippen LogP) is 3.62. The summed E-state index contributed by atoms with van der Waals surface area (Å²) in [6.07, 6.45) is 2.13. The molecular formula is C27H39N3O5S. The van der Waals surface area contributed by atoms with Crippen LogP contribution in [0.2, 0.25) is 0 Å². The Labute approximate surface area is 215 Å². The number of nitrogens with zero attached hydrogens (tertiary/aromatic N) is 2. The van der Waals surface area contributed by atoms with E-state index in [9.17, 15) is 18.0 Å². The third-order valence-electron chi connectivity index (χ3n) is 5.66. The summed E-state index contributed by atoms with van der Waals surface area (Å²) in [5.74, 6) is 0.0119. The Bertz CT molecular complexity index is 1110. The van der Waals surface area contributed by atoms with E-state index in [0.29, 0.717) is 30.8 Å². The van der Waals surface area contributed by atoms with Crippen molar-refractivity contribution in [2.45, 2.75) is 58.5 Å². The summed E-state index contributed by atoms with van der Waals surface area (Å²) in [6, 6.07) is 16.0. The van der Waals surface area contributed by atoms with Crippen LogP contribution in [0.15, 0.2) is 54.6 Å². The molecule has 0 fully saturated rings. The van der Waals surface area contributed by atoms with Gasteiger partial charge >= 0.3 is 0 Å². The van der Waals surface area contributed by atoms with E-state index in [2.05, 4.69) is 5.32 Å². The molecule has 1 atom stereocenters. The first-order valence-corrected chi connectivity index (χ1v) is 13.9. The van der Waals surface area contributed by atoms with Crippen molar-refractivity contribution in [2.24, 2.45) is 0 Å². The minimum atomic E-state index is -3.60. The molecule has 0 bridgehead atoms. The quantitative estimate of drug-likeness (QED) is 0.464. The highest BCUT2D eigenvalue weighted by atomic mass is 32.2. The molecule has 0 aliphatic heterocycles. The summed E-state index contributed by atoms with van der Waals surface area (Å²) < 4.78 is 31.6. The topological polar surface area (TPSA) is 96.0 Å². The van der Waals surface area contributed by atoms with Crippen LogP contribution in [0, 0.1) is 0 Å². The number of benzene rings is 2. The van der Waals surface area contributed by atoms with Gasteiger partial charge in [0, 0.05) is 25.0 Å². The molecule has 2 aromatic carbocycles. The number of amides is 2. The molecule has 0 unspecified atom stereocenters. The molecule has 36 heavy (non-hydrogen) atoms. The van der Waals surface area contributed by atoms with Crippen molar-refractivity contribution < 1.29 is 22.7 Å². The lowest BCUT2D eigenvalue weighted by atomic mass is 10.1. The van der Waals surface area contributed by atoms with Gasteiger partial charge in [0.15, 0.2) is 0 Å². The van der Waals surface area contributed by atoms with E-state index >= 15 is 0 Å². The summed E-state index contributed by atoms with van der Waals surface area (Å²) in [5.41, 5.74) is 1.07. The molecule has 198 valence electrons. The zero-order chi connectivity index (χ0) is 26.9. The smallest absolute Gasteiger partial charge is 0.242 e. The lowest BCUT2D eigenvalue weighted by molar-refractivity contribution is -0.140. The van der Waals surface area contributed by atoms with Crippen molar-refractivity contribution in [1.82, 2.24) is 10.2 Å². The van der Waals surface area contributed by atoms with Crippen molar-refractivity contribution in [3.8, 4) is 5.75 Å². The molecule has 1 N–H and O–H groups in total. The number of carbonyl (C=O) groups is 2. The monoisotopic (exact) mass is 517 g/mol. The van der Waals surface area contributed by atoms with Crippen molar-refractivity contribution in [2.75, 3.05) is 30.8 Å². The lowest BCUT2D eigenvalue weighted by Gasteiger charge is -2.32. The van der Waals surface area contributed by atoms with Crippen LogP contribution in [0.5, 0.6) is 5.75 Å². The van der Waals surface area contributed by atoms with Crippen molar-refractivity contribution >= 4 is 27.5 Å². The minimum Gasteiger partial charge on any atom is -0.495 e. The van der Waals surface area contributed by atoms with Crippen molar-refractivity contribution in [3.05, 3.63) is 60.2 Å². The maximum Gasteiger partial charge on any atom is 0.242 e. The molecule has 9 heteroatoms. The van der Waals surface area contributed by atoms with Gasteiger partial charge in [0.05, 0.1) is 19.1 Å². The zero-order valence-corrected chi connectivity index (χ0v) is 23.0. The van der Waals surface area contributed by atoms with Gasteiger partial charge in [0.2, 0.25) is 21.8 Å². The number of sulfonamides is 1. The molecule has 0 aromatic heterocycles. The van der Waals surface area contributed by atoms with E-state index in [4.69, 9.17) is 4.74 Å². The van der Waals surface area contributed by atoms with E-state index < -0.39 is 21.6 Å². The fourth-order valence-corrected chi connectivity index (χ4v) is 4.83. The van der Waals surface area contributed by atoms with Crippen LogP contribution >= 0.6 is 0 Å². The summed E-state index contributed by atoms with van der Waals surface area (Å²) in [7, 11) is -2.12. The van der Waals surface area contributed by atoms with Crippen LogP contribution in [0.25, 0.3) is 0 Å². The molecule has 2 amide bonds. The Hall–Kier alpha value is -3.07. The maximum atomic E-state index is 13.3. The Morgan fingerprint density at radius 2 is 1.61 bits per heavy atom. The molecule has 0 saturated carbocycles. The zero-order valence-electron chi connectivity index (χ0n) is 22.2. The largest absolute Gasteiger partial charge is 0.495 e. The van der Waals surface area contributed by atoms with E-state index in [0.717, 1.165) is 11.8 Å². The SMILES string of the molecule is COc1ccccc1N(CCCC(=O)N(CCc1ccccc1)[C@H](C)C(=O)NC(C)(C)C)S(C)(=O)=O. The third-order valence-corrected chi connectivity index (χ3v) is 6.84. The molecule has 0 spiro atoms. The first-order valence-electron chi connectivity index (χ1n) is 12.1. The van der Waals surface area contributed by atoms with Gasteiger partial charge in [-0.2, -0.15) is 0 Å². The molecule has 0 saturated heterocycles. The maximum absolute atomic E-state index is 13.3. The minimum absolute atomic E-state index is 0.100. The molecule has 2 rings (SSSR count). The van der Waals surface area contributed by atoms with Gasteiger partial charge < -0.3 is 15.0 Å².